The van der Waals surface area contributed by atoms with E-state index < -0.39 is 28.5 Å². The largest absolute Gasteiger partial charge is 0.480 e. The minimum absolute atomic E-state index is 0.0773. The number of halogens is 3. The second-order valence-electron chi connectivity index (χ2n) is 4.55. The van der Waals surface area contributed by atoms with Gasteiger partial charge in [0.15, 0.2) is 0 Å². The quantitative estimate of drug-likeness (QED) is 0.776. The Balaban J connectivity index is 2.48. The zero-order valence-electron chi connectivity index (χ0n) is 10.2. The van der Waals surface area contributed by atoms with Crippen molar-refractivity contribution in [3.05, 3.63) is 0 Å². The highest BCUT2D eigenvalue weighted by Crippen LogP contribution is 2.27. The lowest BCUT2D eigenvalue weighted by Gasteiger charge is -2.27. The van der Waals surface area contributed by atoms with Crippen molar-refractivity contribution in [1.29, 1.82) is 0 Å². The van der Waals surface area contributed by atoms with Crippen LogP contribution in [0.15, 0.2) is 0 Å². The Kier molecular flexibility index (Phi) is 6.50. The number of carbonyl (C=O) groups is 2. The fourth-order valence-electron chi connectivity index (χ4n) is 2.16. The van der Waals surface area contributed by atoms with Gasteiger partial charge in [-0.25, -0.2) is 9.59 Å². The summed E-state index contributed by atoms with van der Waals surface area (Å²) in [5, 5.41) is 11.5. The standard InChI is InChI=1S/C11H16Cl3NO4/c12-11(13,14)6-19-10(18)15-8(9(16)17)7-4-2-1-3-5-7/h7-8H,1-6H2,(H,15,18)(H,16,17)/t8-/m1/s1. The molecule has 8 heteroatoms. The third-order valence-corrected chi connectivity index (χ3v) is 3.35. The van der Waals surface area contributed by atoms with Crippen molar-refractivity contribution in [2.45, 2.75) is 41.9 Å². The molecule has 0 aliphatic heterocycles. The van der Waals surface area contributed by atoms with E-state index in [9.17, 15) is 9.59 Å². The van der Waals surface area contributed by atoms with E-state index in [-0.39, 0.29) is 5.92 Å². The van der Waals surface area contributed by atoms with E-state index in [0.29, 0.717) is 0 Å². The summed E-state index contributed by atoms with van der Waals surface area (Å²) in [7, 11) is 0. The molecule has 1 amide bonds. The number of carbonyl (C=O) groups excluding carboxylic acids is 1. The van der Waals surface area contributed by atoms with Crippen molar-refractivity contribution in [1.82, 2.24) is 5.32 Å². The molecule has 19 heavy (non-hydrogen) atoms. The number of rotatable bonds is 4. The van der Waals surface area contributed by atoms with Gasteiger partial charge in [0.2, 0.25) is 3.79 Å². The average molecular weight is 333 g/mol. The first kappa shape index (κ1) is 16.7. The maximum Gasteiger partial charge on any atom is 0.408 e. The Hall–Kier alpha value is -0.390. The smallest absolute Gasteiger partial charge is 0.408 e. The third kappa shape index (κ3) is 6.54. The van der Waals surface area contributed by atoms with E-state index in [2.05, 4.69) is 10.1 Å². The van der Waals surface area contributed by atoms with Gasteiger partial charge in [0.1, 0.15) is 12.6 Å². The molecule has 0 spiro atoms. The monoisotopic (exact) mass is 331 g/mol. The number of carboxylic acids is 1. The summed E-state index contributed by atoms with van der Waals surface area (Å²) in [5.74, 6) is -1.15. The second-order valence-corrected chi connectivity index (χ2v) is 7.07. The molecule has 1 aliphatic rings. The van der Waals surface area contributed by atoms with Gasteiger partial charge in [-0.1, -0.05) is 54.1 Å². The van der Waals surface area contributed by atoms with Gasteiger partial charge in [-0.3, -0.25) is 0 Å². The fourth-order valence-corrected chi connectivity index (χ4v) is 2.33. The van der Waals surface area contributed by atoms with Gasteiger partial charge in [0.25, 0.3) is 0 Å². The van der Waals surface area contributed by atoms with Gasteiger partial charge < -0.3 is 15.2 Å². The number of ether oxygens (including phenoxy) is 1. The number of nitrogens with one attached hydrogen (secondary N) is 1. The summed E-state index contributed by atoms with van der Waals surface area (Å²) in [5.41, 5.74) is 0. The highest BCUT2D eigenvalue weighted by Gasteiger charge is 2.32. The molecule has 1 fully saturated rings. The van der Waals surface area contributed by atoms with E-state index in [1.165, 1.54) is 0 Å². The van der Waals surface area contributed by atoms with Gasteiger partial charge in [-0.2, -0.15) is 0 Å². The zero-order valence-corrected chi connectivity index (χ0v) is 12.5. The van der Waals surface area contributed by atoms with Gasteiger partial charge in [-0.15, -0.1) is 0 Å². The molecule has 0 unspecified atom stereocenters. The van der Waals surface area contributed by atoms with Crippen LogP contribution >= 0.6 is 34.8 Å². The minimum atomic E-state index is -1.71. The van der Waals surface area contributed by atoms with Crippen LogP contribution in [-0.2, 0) is 9.53 Å². The molecule has 1 aliphatic carbocycles. The molecule has 2 N–H and O–H groups in total. The van der Waals surface area contributed by atoms with Crippen LogP contribution in [0.25, 0.3) is 0 Å². The van der Waals surface area contributed by atoms with Crippen LogP contribution in [0.2, 0.25) is 0 Å². The predicted molar refractivity (Wildman–Crippen MR) is 72.8 cm³/mol. The Labute approximate surface area is 126 Å². The number of alkyl halides is 3. The van der Waals surface area contributed by atoms with Crippen molar-refractivity contribution in [3.63, 3.8) is 0 Å². The van der Waals surface area contributed by atoms with Crippen LogP contribution in [0.4, 0.5) is 4.79 Å². The van der Waals surface area contributed by atoms with Crippen molar-refractivity contribution in [2.24, 2.45) is 5.92 Å². The summed E-state index contributed by atoms with van der Waals surface area (Å²) in [6.45, 7) is -0.430. The fraction of sp³-hybridized carbons (Fsp3) is 0.818. The van der Waals surface area contributed by atoms with Crippen molar-refractivity contribution < 1.29 is 19.4 Å². The molecule has 0 heterocycles. The number of amides is 1. The number of hydrogen-bond acceptors (Lipinski definition) is 3. The normalized spacial score (nSPS) is 18.7. The number of alkyl carbamates (subject to hydrolysis) is 1. The molecule has 0 bridgehead atoms. The second kappa shape index (κ2) is 7.41. The van der Waals surface area contributed by atoms with Crippen LogP contribution in [0.3, 0.4) is 0 Å². The molecule has 1 saturated carbocycles. The highest BCUT2D eigenvalue weighted by molar-refractivity contribution is 6.67. The maximum atomic E-state index is 11.5. The topological polar surface area (TPSA) is 75.6 Å². The van der Waals surface area contributed by atoms with E-state index in [0.717, 1.165) is 32.1 Å². The molecule has 0 aromatic carbocycles. The summed E-state index contributed by atoms with van der Waals surface area (Å²) in [6, 6.07) is -0.955. The molecule has 110 valence electrons. The van der Waals surface area contributed by atoms with Crippen LogP contribution in [-0.4, -0.2) is 33.6 Å². The molecule has 0 saturated heterocycles. The van der Waals surface area contributed by atoms with E-state index in [1.807, 2.05) is 0 Å². The molecule has 0 aromatic rings. The number of hydrogen-bond donors (Lipinski definition) is 2. The van der Waals surface area contributed by atoms with Crippen LogP contribution in [0.5, 0.6) is 0 Å². The molecule has 0 radical (unpaired) electrons. The summed E-state index contributed by atoms with van der Waals surface area (Å²) in [6.07, 6.45) is 3.71. The van der Waals surface area contributed by atoms with Crippen molar-refractivity contribution in [2.75, 3.05) is 6.61 Å². The SMILES string of the molecule is O=C(N[C@@H](C(=O)O)C1CCCCC1)OCC(Cl)(Cl)Cl. The van der Waals surface area contributed by atoms with Crippen LogP contribution in [0, 0.1) is 5.92 Å². The average Bonchev–Trinajstić information content (AvgIpc) is 2.33. The van der Waals surface area contributed by atoms with E-state index in [4.69, 9.17) is 39.9 Å². The first-order valence-corrected chi connectivity index (χ1v) is 7.16. The third-order valence-electron chi connectivity index (χ3n) is 3.03. The predicted octanol–water partition coefficient (Wildman–Crippen LogP) is 3.12. The molecule has 5 nitrogen and oxygen atoms in total. The highest BCUT2D eigenvalue weighted by atomic mass is 35.6. The maximum absolute atomic E-state index is 11.5. The first-order chi connectivity index (χ1) is 8.79. The zero-order chi connectivity index (χ0) is 14.5. The van der Waals surface area contributed by atoms with Crippen LogP contribution in [0.1, 0.15) is 32.1 Å². The van der Waals surface area contributed by atoms with Gasteiger partial charge in [0.05, 0.1) is 0 Å². The lowest BCUT2D eigenvalue weighted by molar-refractivity contribution is -0.141. The van der Waals surface area contributed by atoms with Gasteiger partial charge in [-0.05, 0) is 18.8 Å². The van der Waals surface area contributed by atoms with Crippen molar-refractivity contribution >= 4 is 46.9 Å². The Morgan fingerprint density at radius 1 is 1.26 bits per heavy atom. The Bertz CT molecular complexity index is 326. The summed E-state index contributed by atoms with van der Waals surface area (Å²) < 4.78 is 2.96. The Morgan fingerprint density at radius 3 is 2.32 bits per heavy atom. The van der Waals surface area contributed by atoms with Crippen LogP contribution < -0.4 is 5.32 Å². The van der Waals surface area contributed by atoms with Gasteiger partial charge in [0, 0.05) is 0 Å². The lowest BCUT2D eigenvalue weighted by Crippen LogP contribution is -2.47. The molecule has 1 rings (SSSR count). The van der Waals surface area contributed by atoms with Crippen molar-refractivity contribution in [3.8, 4) is 0 Å². The number of carboxylic acid groups (broad SMARTS) is 1. The summed E-state index contributed by atoms with van der Waals surface area (Å²) in [4.78, 5) is 22.7. The molecular formula is C11H16Cl3NO4. The lowest BCUT2D eigenvalue weighted by atomic mass is 9.84. The molecule has 0 aromatic heterocycles. The molecule has 1 atom stereocenters. The Morgan fingerprint density at radius 2 is 1.84 bits per heavy atom. The van der Waals surface area contributed by atoms with Gasteiger partial charge >= 0.3 is 12.1 Å². The first-order valence-electron chi connectivity index (χ1n) is 6.02. The minimum Gasteiger partial charge on any atom is -0.480 e. The molecular weight excluding hydrogens is 316 g/mol. The number of aliphatic carboxylic acids is 1. The summed E-state index contributed by atoms with van der Waals surface area (Å²) >= 11 is 16.3. The van der Waals surface area contributed by atoms with E-state index in [1.54, 1.807) is 0 Å². The van der Waals surface area contributed by atoms with E-state index >= 15 is 0 Å².